The number of pyridine rings is 1. The van der Waals surface area contributed by atoms with Crippen molar-refractivity contribution in [1.29, 1.82) is 0 Å². The molecule has 1 fully saturated rings. The molecule has 2 heteroatoms. The van der Waals surface area contributed by atoms with Crippen molar-refractivity contribution in [2.45, 2.75) is 70.8 Å². The Bertz CT molecular complexity index is 455. The first kappa shape index (κ1) is 15.0. The lowest BCUT2D eigenvalue weighted by atomic mass is 9.67. The normalized spacial score (nSPS) is 29.4. The fourth-order valence-corrected chi connectivity index (χ4v) is 4.47. The minimum Gasteiger partial charge on any atom is -0.314 e. The average molecular weight is 286 g/mol. The first-order valence-corrected chi connectivity index (χ1v) is 8.93. The minimum atomic E-state index is 0.601. The Morgan fingerprint density at radius 2 is 2.05 bits per heavy atom. The minimum absolute atomic E-state index is 0.601. The van der Waals surface area contributed by atoms with Crippen LogP contribution in [0.15, 0.2) is 18.3 Å². The van der Waals surface area contributed by atoms with Gasteiger partial charge in [-0.3, -0.25) is 4.98 Å². The fraction of sp³-hybridized carbons (Fsp3) is 0.737. The summed E-state index contributed by atoms with van der Waals surface area (Å²) in [5.41, 5.74) is 2.96. The van der Waals surface area contributed by atoms with Crippen LogP contribution in [0.25, 0.3) is 0 Å². The molecular formula is C19H30N2. The van der Waals surface area contributed by atoms with Gasteiger partial charge in [-0.15, -0.1) is 0 Å². The number of nitrogens with zero attached hydrogens (tertiary/aromatic N) is 1. The molecular weight excluding hydrogens is 256 g/mol. The van der Waals surface area contributed by atoms with Crippen LogP contribution in [0, 0.1) is 11.8 Å². The van der Waals surface area contributed by atoms with Gasteiger partial charge in [0.25, 0.3) is 0 Å². The summed E-state index contributed by atoms with van der Waals surface area (Å²) in [6, 6.07) is 5.02. The molecule has 3 atom stereocenters. The van der Waals surface area contributed by atoms with Gasteiger partial charge in [0.15, 0.2) is 0 Å². The number of fused-ring (bicyclic) bond motifs is 1. The highest BCUT2D eigenvalue weighted by atomic mass is 14.9. The van der Waals surface area contributed by atoms with Gasteiger partial charge < -0.3 is 5.32 Å². The smallest absolute Gasteiger partial charge is 0.0469 e. The van der Waals surface area contributed by atoms with Gasteiger partial charge in [0.2, 0.25) is 0 Å². The van der Waals surface area contributed by atoms with Crippen molar-refractivity contribution in [3.8, 4) is 0 Å². The van der Waals surface area contributed by atoms with Crippen LogP contribution < -0.4 is 5.32 Å². The lowest BCUT2D eigenvalue weighted by Gasteiger charge is -2.39. The second-order valence-corrected chi connectivity index (χ2v) is 7.32. The predicted molar refractivity (Wildman–Crippen MR) is 88.5 cm³/mol. The van der Waals surface area contributed by atoms with Crippen molar-refractivity contribution in [2.75, 3.05) is 6.54 Å². The first-order valence-electron chi connectivity index (χ1n) is 8.93. The highest BCUT2D eigenvalue weighted by molar-refractivity contribution is 5.27. The van der Waals surface area contributed by atoms with E-state index in [4.69, 9.17) is 4.98 Å². The molecule has 1 heterocycles. The summed E-state index contributed by atoms with van der Waals surface area (Å²) >= 11 is 0. The van der Waals surface area contributed by atoms with Gasteiger partial charge in [-0.25, -0.2) is 0 Å². The molecule has 1 aromatic heterocycles. The van der Waals surface area contributed by atoms with Gasteiger partial charge in [-0.05, 0) is 62.1 Å². The Morgan fingerprint density at radius 3 is 2.90 bits per heavy atom. The van der Waals surface area contributed by atoms with E-state index >= 15 is 0 Å². The number of hydrogen-bond donors (Lipinski definition) is 1. The zero-order valence-corrected chi connectivity index (χ0v) is 13.6. The van der Waals surface area contributed by atoms with E-state index in [9.17, 15) is 0 Å². The van der Waals surface area contributed by atoms with E-state index < -0.39 is 0 Å². The van der Waals surface area contributed by atoms with Crippen molar-refractivity contribution < 1.29 is 0 Å². The molecule has 0 amide bonds. The molecule has 116 valence electrons. The Balaban J connectivity index is 1.77. The van der Waals surface area contributed by atoms with Crippen LogP contribution in [0.4, 0.5) is 0 Å². The lowest BCUT2D eigenvalue weighted by Crippen LogP contribution is -2.37. The largest absolute Gasteiger partial charge is 0.314 e. The molecule has 0 saturated heterocycles. The molecule has 2 nitrogen and oxygen atoms in total. The maximum absolute atomic E-state index is 4.79. The number of rotatable bonds is 4. The van der Waals surface area contributed by atoms with Gasteiger partial charge in [0.1, 0.15) is 0 Å². The van der Waals surface area contributed by atoms with Crippen LogP contribution >= 0.6 is 0 Å². The van der Waals surface area contributed by atoms with Crippen molar-refractivity contribution in [2.24, 2.45) is 11.8 Å². The second-order valence-electron chi connectivity index (χ2n) is 7.32. The zero-order valence-electron chi connectivity index (χ0n) is 13.6. The Kier molecular flexibility index (Phi) is 4.95. The van der Waals surface area contributed by atoms with E-state index in [-0.39, 0.29) is 0 Å². The molecule has 3 rings (SSSR count). The fourth-order valence-electron chi connectivity index (χ4n) is 4.47. The van der Waals surface area contributed by atoms with E-state index in [2.05, 4.69) is 31.3 Å². The zero-order chi connectivity index (χ0) is 14.7. The molecule has 0 bridgehead atoms. The second kappa shape index (κ2) is 6.91. The molecule has 1 saturated carbocycles. The maximum atomic E-state index is 4.79. The highest BCUT2D eigenvalue weighted by Crippen LogP contribution is 2.44. The van der Waals surface area contributed by atoms with Crippen LogP contribution in [-0.2, 0) is 6.42 Å². The third kappa shape index (κ3) is 3.48. The van der Waals surface area contributed by atoms with Gasteiger partial charge in [-0.1, -0.05) is 32.8 Å². The van der Waals surface area contributed by atoms with Crippen LogP contribution in [-0.4, -0.2) is 17.6 Å². The maximum Gasteiger partial charge on any atom is 0.0469 e. The van der Waals surface area contributed by atoms with Gasteiger partial charge in [0, 0.05) is 23.9 Å². The van der Waals surface area contributed by atoms with Crippen molar-refractivity contribution in [3.05, 3.63) is 29.6 Å². The molecule has 21 heavy (non-hydrogen) atoms. The van der Waals surface area contributed by atoms with Gasteiger partial charge >= 0.3 is 0 Å². The number of hydrogen-bond acceptors (Lipinski definition) is 2. The Labute approximate surface area is 129 Å². The molecule has 0 aliphatic heterocycles. The summed E-state index contributed by atoms with van der Waals surface area (Å²) < 4.78 is 0. The standard InChI is InChI=1S/C19H30N2/c1-14(2)21-13-16-7-3-4-10-17(16)18-11-5-8-15-9-6-12-20-19(15)18/h6,9,12,14,16-18,21H,3-5,7-8,10-11,13H2,1-2H3. The molecule has 0 spiro atoms. The van der Waals surface area contributed by atoms with Crippen LogP contribution in [0.2, 0.25) is 0 Å². The molecule has 0 radical (unpaired) electrons. The molecule has 1 N–H and O–H groups in total. The Hall–Kier alpha value is -0.890. The summed E-state index contributed by atoms with van der Waals surface area (Å²) in [5.74, 6) is 2.41. The van der Waals surface area contributed by atoms with Crippen LogP contribution in [0.5, 0.6) is 0 Å². The topological polar surface area (TPSA) is 24.9 Å². The number of nitrogens with one attached hydrogen (secondary N) is 1. The van der Waals surface area contributed by atoms with E-state index in [0.29, 0.717) is 12.0 Å². The van der Waals surface area contributed by atoms with E-state index in [1.807, 2.05) is 6.20 Å². The van der Waals surface area contributed by atoms with Crippen LogP contribution in [0.3, 0.4) is 0 Å². The quantitative estimate of drug-likeness (QED) is 0.892. The van der Waals surface area contributed by atoms with Gasteiger partial charge in [-0.2, -0.15) is 0 Å². The summed E-state index contributed by atoms with van der Waals surface area (Å²) in [4.78, 5) is 4.79. The summed E-state index contributed by atoms with van der Waals surface area (Å²) in [6.07, 6.45) is 11.6. The third-order valence-corrected chi connectivity index (χ3v) is 5.51. The molecule has 0 aromatic carbocycles. The highest BCUT2D eigenvalue weighted by Gasteiger charge is 2.35. The SMILES string of the molecule is CC(C)NCC1CCCCC1C1CCCc2cccnc21. The van der Waals surface area contributed by atoms with Crippen molar-refractivity contribution in [3.63, 3.8) is 0 Å². The monoisotopic (exact) mass is 286 g/mol. The molecule has 3 unspecified atom stereocenters. The Morgan fingerprint density at radius 1 is 1.19 bits per heavy atom. The van der Waals surface area contributed by atoms with Gasteiger partial charge in [0.05, 0.1) is 0 Å². The summed E-state index contributed by atoms with van der Waals surface area (Å²) in [5, 5.41) is 3.69. The number of aromatic nitrogens is 1. The van der Waals surface area contributed by atoms with E-state index in [1.54, 1.807) is 0 Å². The van der Waals surface area contributed by atoms with E-state index in [0.717, 1.165) is 11.8 Å². The average Bonchev–Trinajstić information content (AvgIpc) is 2.53. The molecule has 2 aliphatic carbocycles. The van der Waals surface area contributed by atoms with Crippen LogP contribution in [0.1, 0.15) is 69.5 Å². The first-order chi connectivity index (χ1) is 10.3. The van der Waals surface area contributed by atoms with E-state index in [1.165, 1.54) is 62.7 Å². The molecule has 1 aromatic rings. The van der Waals surface area contributed by atoms with Crippen molar-refractivity contribution in [1.82, 2.24) is 10.3 Å². The summed E-state index contributed by atoms with van der Waals surface area (Å²) in [7, 11) is 0. The third-order valence-electron chi connectivity index (χ3n) is 5.51. The molecule has 2 aliphatic rings. The summed E-state index contributed by atoms with van der Waals surface area (Å²) in [6.45, 7) is 5.71. The van der Waals surface area contributed by atoms with Crippen molar-refractivity contribution >= 4 is 0 Å². The lowest BCUT2D eigenvalue weighted by molar-refractivity contribution is 0.179. The predicted octanol–water partition coefficient (Wildman–Crippen LogP) is 4.31. The number of aryl methyl sites for hydroxylation is 1.